The molecule has 0 aliphatic carbocycles. The molecule has 1 fully saturated rings. The highest BCUT2D eigenvalue weighted by Crippen LogP contribution is 2.28. The van der Waals surface area contributed by atoms with Gasteiger partial charge >= 0.3 is 5.69 Å². The lowest BCUT2D eigenvalue weighted by Gasteiger charge is -2.20. The number of carbonyl (C=O) groups excluding carboxylic acids is 1. The zero-order valence-corrected chi connectivity index (χ0v) is 14.9. The first-order valence-corrected chi connectivity index (χ1v) is 8.23. The second kappa shape index (κ2) is 6.52. The highest BCUT2D eigenvalue weighted by atomic mass is 16.2. The van der Waals surface area contributed by atoms with E-state index >= 15 is 0 Å². The number of anilines is 3. The van der Waals surface area contributed by atoms with Crippen LogP contribution in [0.5, 0.6) is 0 Å². The van der Waals surface area contributed by atoms with Crippen LogP contribution in [0, 0.1) is 18.3 Å². The van der Waals surface area contributed by atoms with Gasteiger partial charge in [-0.05, 0) is 37.1 Å². The van der Waals surface area contributed by atoms with Crippen LogP contribution in [-0.4, -0.2) is 21.6 Å². The van der Waals surface area contributed by atoms with Crippen LogP contribution in [0.2, 0.25) is 0 Å². The summed E-state index contributed by atoms with van der Waals surface area (Å²) >= 11 is 0. The van der Waals surface area contributed by atoms with Crippen LogP contribution in [0.4, 0.5) is 17.2 Å². The van der Waals surface area contributed by atoms with Crippen molar-refractivity contribution in [1.29, 1.82) is 5.26 Å². The fourth-order valence-electron chi connectivity index (χ4n) is 3.17. The maximum atomic E-state index is 12.2. The molecule has 0 unspecified atom stereocenters. The number of benzene rings is 1. The van der Waals surface area contributed by atoms with Crippen LogP contribution in [0.1, 0.15) is 24.0 Å². The summed E-state index contributed by atoms with van der Waals surface area (Å²) in [5.74, 6) is 0.250. The van der Waals surface area contributed by atoms with Crippen molar-refractivity contribution in [2.24, 2.45) is 14.1 Å². The Morgan fingerprint density at radius 2 is 1.88 bits per heavy atom. The number of nitrogens with zero attached hydrogens (tertiary/aromatic N) is 4. The predicted octanol–water partition coefficient (Wildman–Crippen LogP) is 1.13. The molecule has 0 saturated carbocycles. The molecule has 8 heteroatoms. The van der Waals surface area contributed by atoms with Crippen molar-refractivity contribution in [3.05, 3.63) is 50.2 Å². The van der Waals surface area contributed by atoms with Crippen molar-refractivity contribution in [3.8, 4) is 6.07 Å². The first-order valence-electron chi connectivity index (χ1n) is 8.23. The fraction of sp³-hybridized carbons (Fsp3) is 0.333. The van der Waals surface area contributed by atoms with Gasteiger partial charge in [0.1, 0.15) is 11.9 Å². The summed E-state index contributed by atoms with van der Waals surface area (Å²) < 4.78 is 2.13. The van der Waals surface area contributed by atoms with Gasteiger partial charge in [-0.2, -0.15) is 5.26 Å². The number of amides is 1. The average molecular weight is 353 g/mol. The Kier molecular flexibility index (Phi) is 4.38. The molecule has 1 aromatic carbocycles. The number of nitrogens with one attached hydrogen (secondary N) is 1. The van der Waals surface area contributed by atoms with Crippen molar-refractivity contribution in [2.75, 3.05) is 16.8 Å². The summed E-state index contributed by atoms with van der Waals surface area (Å²) in [7, 11) is 2.83. The summed E-state index contributed by atoms with van der Waals surface area (Å²) in [6.07, 6.45) is 1.40. The SMILES string of the molecule is Cc1cc(Nc2c(C#N)c(=O)n(C)c(=O)n2C)ccc1N1CCCC1=O. The maximum absolute atomic E-state index is 12.2. The average Bonchev–Trinajstić information content (AvgIpc) is 3.04. The second-order valence-electron chi connectivity index (χ2n) is 6.32. The van der Waals surface area contributed by atoms with Crippen molar-refractivity contribution in [3.63, 3.8) is 0 Å². The first kappa shape index (κ1) is 17.5. The van der Waals surface area contributed by atoms with Crippen molar-refractivity contribution in [1.82, 2.24) is 9.13 Å². The van der Waals surface area contributed by atoms with Gasteiger partial charge in [-0.25, -0.2) is 4.79 Å². The minimum atomic E-state index is -0.644. The zero-order chi connectivity index (χ0) is 19.0. The number of hydrogen-bond acceptors (Lipinski definition) is 5. The Morgan fingerprint density at radius 1 is 1.15 bits per heavy atom. The number of hydrogen-bond donors (Lipinski definition) is 1. The number of nitriles is 1. The molecular formula is C18H19N5O3. The summed E-state index contributed by atoms with van der Waals surface area (Å²) in [4.78, 5) is 38.0. The molecule has 1 aliphatic heterocycles. The lowest BCUT2D eigenvalue weighted by atomic mass is 10.1. The summed E-state index contributed by atoms with van der Waals surface area (Å²) in [6.45, 7) is 2.59. The highest BCUT2D eigenvalue weighted by Gasteiger charge is 2.23. The van der Waals surface area contributed by atoms with Gasteiger partial charge in [0, 0.05) is 38.4 Å². The van der Waals surface area contributed by atoms with Crippen molar-refractivity contribution in [2.45, 2.75) is 19.8 Å². The van der Waals surface area contributed by atoms with Crippen LogP contribution in [0.25, 0.3) is 0 Å². The van der Waals surface area contributed by atoms with Crippen LogP contribution in [0.3, 0.4) is 0 Å². The zero-order valence-electron chi connectivity index (χ0n) is 14.9. The summed E-state index contributed by atoms with van der Waals surface area (Å²) in [5, 5.41) is 12.3. The topological polar surface area (TPSA) is 100 Å². The van der Waals surface area contributed by atoms with Crippen molar-refractivity contribution < 1.29 is 4.79 Å². The Bertz CT molecular complexity index is 1060. The molecule has 1 N–H and O–H groups in total. The van der Waals surface area contributed by atoms with E-state index in [1.165, 1.54) is 18.7 Å². The standard InChI is InChI=1S/C18H19N5O3/c1-11-9-12(6-7-14(11)23-8-4-5-15(23)24)20-16-13(10-19)17(25)22(3)18(26)21(16)2/h6-7,9,20H,4-5,8H2,1-3H3. The highest BCUT2D eigenvalue weighted by molar-refractivity contribution is 5.96. The molecule has 134 valence electrons. The van der Waals surface area contributed by atoms with Gasteiger partial charge in [0.15, 0.2) is 5.56 Å². The van der Waals surface area contributed by atoms with E-state index in [0.717, 1.165) is 22.2 Å². The third-order valence-electron chi connectivity index (χ3n) is 4.60. The second-order valence-corrected chi connectivity index (χ2v) is 6.32. The van der Waals surface area contributed by atoms with Crippen LogP contribution < -0.4 is 21.5 Å². The molecule has 0 bridgehead atoms. The minimum Gasteiger partial charge on any atom is -0.340 e. The third-order valence-corrected chi connectivity index (χ3v) is 4.60. The molecular weight excluding hydrogens is 334 g/mol. The fourth-order valence-corrected chi connectivity index (χ4v) is 3.17. The van der Waals surface area contributed by atoms with Crippen LogP contribution in [-0.2, 0) is 18.9 Å². The quantitative estimate of drug-likeness (QED) is 0.892. The molecule has 1 aromatic heterocycles. The third kappa shape index (κ3) is 2.77. The van der Waals surface area contributed by atoms with E-state index in [-0.39, 0.29) is 17.3 Å². The van der Waals surface area contributed by atoms with E-state index in [1.807, 2.05) is 25.1 Å². The number of carbonyl (C=O) groups is 1. The van der Waals surface area contributed by atoms with Crippen molar-refractivity contribution >= 4 is 23.1 Å². The lowest BCUT2D eigenvalue weighted by Crippen LogP contribution is -2.39. The lowest BCUT2D eigenvalue weighted by molar-refractivity contribution is -0.117. The molecule has 3 rings (SSSR count). The molecule has 0 atom stereocenters. The normalized spacial score (nSPS) is 13.8. The molecule has 2 heterocycles. The summed E-state index contributed by atoms with van der Waals surface area (Å²) in [6, 6.07) is 7.27. The van der Waals surface area contributed by atoms with Gasteiger partial charge in [0.25, 0.3) is 5.56 Å². The van der Waals surface area contributed by atoms with Crippen LogP contribution in [0.15, 0.2) is 27.8 Å². The minimum absolute atomic E-state index is 0.106. The van der Waals surface area contributed by atoms with E-state index in [0.29, 0.717) is 18.7 Å². The van der Waals surface area contributed by atoms with Gasteiger partial charge in [0.05, 0.1) is 0 Å². The molecule has 0 radical (unpaired) electrons. The van der Waals surface area contributed by atoms with E-state index < -0.39 is 11.2 Å². The monoisotopic (exact) mass is 353 g/mol. The van der Waals surface area contributed by atoms with E-state index in [1.54, 1.807) is 11.0 Å². The molecule has 8 nitrogen and oxygen atoms in total. The molecule has 1 amide bonds. The Morgan fingerprint density at radius 3 is 2.46 bits per heavy atom. The maximum Gasteiger partial charge on any atom is 0.332 e. The Labute approximate surface area is 149 Å². The molecule has 2 aromatic rings. The van der Waals surface area contributed by atoms with E-state index in [9.17, 15) is 19.6 Å². The molecule has 0 spiro atoms. The Hall–Kier alpha value is -3.34. The van der Waals surface area contributed by atoms with Gasteiger partial charge in [-0.3, -0.25) is 18.7 Å². The molecule has 1 saturated heterocycles. The number of aromatic nitrogens is 2. The smallest absolute Gasteiger partial charge is 0.332 e. The Balaban J connectivity index is 2.02. The van der Waals surface area contributed by atoms with Gasteiger partial charge in [-0.1, -0.05) is 0 Å². The van der Waals surface area contributed by atoms with Gasteiger partial charge in [-0.15, -0.1) is 0 Å². The van der Waals surface area contributed by atoms with E-state index in [4.69, 9.17) is 0 Å². The van der Waals surface area contributed by atoms with E-state index in [2.05, 4.69) is 5.32 Å². The number of aryl methyl sites for hydroxylation is 1. The van der Waals surface area contributed by atoms with Gasteiger partial charge < -0.3 is 10.2 Å². The first-order chi connectivity index (χ1) is 12.3. The molecule has 1 aliphatic rings. The predicted molar refractivity (Wildman–Crippen MR) is 97.7 cm³/mol. The summed E-state index contributed by atoms with van der Waals surface area (Å²) in [5.41, 5.74) is 1.05. The molecule has 26 heavy (non-hydrogen) atoms. The van der Waals surface area contributed by atoms with Gasteiger partial charge in [0.2, 0.25) is 5.91 Å². The van der Waals surface area contributed by atoms with Crippen LogP contribution >= 0.6 is 0 Å². The number of rotatable bonds is 3. The largest absolute Gasteiger partial charge is 0.340 e.